The molecule has 0 atom stereocenters. The molecule has 2 aromatic rings. The molecule has 104 valence electrons. The van der Waals surface area contributed by atoms with Crippen LogP contribution >= 0.6 is 0 Å². The second kappa shape index (κ2) is 5.83. The Balaban J connectivity index is 2.34. The number of hydrogen-bond acceptors (Lipinski definition) is 6. The Labute approximate surface area is 112 Å². The largest absolute Gasteiger partial charge is 0.396 e. The van der Waals surface area contributed by atoms with E-state index in [1.807, 2.05) is 7.05 Å². The van der Waals surface area contributed by atoms with Crippen molar-refractivity contribution in [3.05, 3.63) is 6.20 Å². The number of hydrogen-bond donors (Lipinski definition) is 3. The maximum Gasteiger partial charge on any atom is 0.226 e. The molecule has 0 saturated carbocycles. The van der Waals surface area contributed by atoms with Gasteiger partial charge in [-0.25, -0.2) is 0 Å². The monoisotopic (exact) mass is 264 g/mol. The molecule has 0 saturated heterocycles. The lowest BCUT2D eigenvalue weighted by Gasteiger charge is -2.12. The van der Waals surface area contributed by atoms with Gasteiger partial charge in [-0.2, -0.15) is 15.1 Å². The standard InChI is InChI=1S/C12H20N6O/c1-8(2)15-10-9-7-14-18(3)11(9)17-12(16-10)13-5-4-6-19/h7-8,19H,4-6H2,1-3H3,(H2,13,15,16,17). The van der Waals surface area contributed by atoms with Crippen molar-refractivity contribution in [1.82, 2.24) is 19.7 Å². The summed E-state index contributed by atoms with van der Waals surface area (Å²) in [5, 5.41) is 20.3. The molecule has 0 aliphatic heterocycles. The van der Waals surface area contributed by atoms with Crippen molar-refractivity contribution in [3.63, 3.8) is 0 Å². The van der Waals surface area contributed by atoms with Gasteiger partial charge in [-0.3, -0.25) is 4.68 Å². The Morgan fingerprint density at radius 2 is 2.16 bits per heavy atom. The summed E-state index contributed by atoms with van der Waals surface area (Å²) in [4.78, 5) is 8.89. The molecule has 0 aliphatic rings. The van der Waals surface area contributed by atoms with Gasteiger partial charge in [0, 0.05) is 26.2 Å². The SMILES string of the molecule is CC(C)Nc1nc(NCCCO)nc2c1cnn2C. The Kier molecular flexibility index (Phi) is 4.16. The van der Waals surface area contributed by atoms with Gasteiger partial charge in [0.05, 0.1) is 11.6 Å². The van der Waals surface area contributed by atoms with Crippen LogP contribution in [-0.2, 0) is 7.05 Å². The molecule has 0 spiro atoms. The van der Waals surface area contributed by atoms with Gasteiger partial charge >= 0.3 is 0 Å². The van der Waals surface area contributed by atoms with Gasteiger partial charge in [0.15, 0.2) is 5.65 Å². The Morgan fingerprint density at radius 1 is 1.37 bits per heavy atom. The zero-order valence-electron chi connectivity index (χ0n) is 11.5. The van der Waals surface area contributed by atoms with Crippen LogP contribution in [-0.4, -0.2) is 44.0 Å². The van der Waals surface area contributed by atoms with Crippen molar-refractivity contribution in [1.29, 1.82) is 0 Å². The van der Waals surface area contributed by atoms with Crippen molar-refractivity contribution >= 4 is 22.8 Å². The summed E-state index contributed by atoms with van der Waals surface area (Å²) < 4.78 is 1.72. The van der Waals surface area contributed by atoms with Crippen molar-refractivity contribution in [2.24, 2.45) is 7.05 Å². The molecule has 0 fully saturated rings. The van der Waals surface area contributed by atoms with Crippen LogP contribution in [0.5, 0.6) is 0 Å². The average molecular weight is 264 g/mol. The third kappa shape index (κ3) is 3.11. The lowest BCUT2D eigenvalue weighted by atomic mass is 10.3. The average Bonchev–Trinajstić information content (AvgIpc) is 2.71. The fourth-order valence-electron chi connectivity index (χ4n) is 1.76. The van der Waals surface area contributed by atoms with Crippen LogP contribution in [0.1, 0.15) is 20.3 Å². The molecular weight excluding hydrogens is 244 g/mol. The predicted octanol–water partition coefficient (Wildman–Crippen LogP) is 0.978. The molecule has 0 bridgehead atoms. The maximum absolute atomic E-state index is 8.79. The minimum atomic E-state index is 0.151. The molecule has 2 aromatic heterocycles. The molecule has 7 nitrogen and oxygen atoms in total. The van der Waals surface area contributed by atoms with Crippen LogP contribution in [0, 0.1) is 0 Å². The van der Waals surface area contributed by atoms with E-state index in [1.165, 1.54) is 0 Å². The predicted molar refractivity (Wildman–Crippen MR) is 75.3 cm³/mol. The van der Waals surface area contributed by atoms with E-state index in [4.69, 9.17) is 5.11 Å². The van der Waals surface area contributed by atoms with Gasteiger partial charge in [-0.15, -0.1) is 0 Å². The van der Waals surface area contributed by atoms with Crippen molar-refractivity contribution in [2.75, 3.05) is 23.8 Å². The second-order valence-corrected chi connectivity index (χ2v) is 4.70. The van der Waals surface area contributed by atoms with Crippen LogP contribution in [0.15, 0.2) is 6.20 Å². The van der Waals surface area contributed by atoms with Crippen molar-refractivity contribution < 1.29 is 5.11 Å². The first-order valence-electron chi connectivity index (χ1n) is 6.43. The molecule has 3 N–H and O–H groups in total. The number of aliphatic hydroxyl groups excluding tert-OH is 1. The Hall–Kier alpha value is -1.89. The van der Waals surface area contributed by atoms with Crippen LogP contribution in [0.2, 0.25) is 0 Å². The summed E-state index contributed by atoms with van der Waals surface area (Å²) in [6, 6.07) is 0.281. The highest BCUT2D eigenvalue weighted by Gasteiger charge is 2.11. The zero-order chi connectivity index (χ0) is 13.8. The first-order valence-corrected chi connectivity index (χ1v) is 6.43. The topological polar surface area (TPSA) is 87.9 Å². The summed E-state index contributed by atoms with van der Waals surface area (Å²) in [6.07, 6.45) is 2.43. The fraction of sp³-hybridized carbons (Fsp3) is 0.583. The fourth-order valence-corrected chi connectivity index (χ4v) is 1.76. The van der Waals surface area contributed by atoms with Gasteiger partial charge in [-0.05, 0) is 20.3 Å². The summed E-state index contributed by atoms with van der Waals surface area (Å²) >= 11 is 0. The Morgan fingerprint density at radius 3 is 2.84 bits per heavy atom. The van der Waals surface area contributed by atoms with E-state index < -0.39 is 0 Å². The highest BCUT2D eigenvalue weighted by atomic mass is 16.3. The molecular formula is C12H20N6O. The van der Waals surface area contributed by atoms with Crippen LogP contribution < -0.4 is 10.6 Å². The number of fused-ring (bicyclic) bond motifs is 1. The quantitative estimate of drug-likeness (QED) is 0.674. The van der Waals surface area contributed by atoms with Crippen molar-refractivity contribution in [3.8, 4) is 0 Å². The molecule has 0 aliphatic carbocycles. The lowest BCUT2D eigenvalue weighted by molar-refractivity contribution is 0.292. The number of aromatic nitrogens is 4. The number of anilines is 2. The normalized spacial score (nSPS) is 11.2. The highest BCUT2D eigenvalue weighted by molar-refractivity contribution is 5.87. The molecule has 2 rings (SSSR count). The van der Waals surface area contributed by atoms with E-state index in [-0.39, 0.29) is 12.6 Å². The number of nitrogens with one attached hydrogen (secondary N) is 2. The summed E-state index contributed by atoms with van der Waals surface area (Å²) in [6.45, 7) is 4.91. The van der Waals surface area contributed by atoms with Crippen LogP contribution in [0.25, 0.3) is 11.0 Å². The molecule has 2 heterocycles. The number of aliphatic hydroxyl groups is 1. The second-order valence-electron chi connectivity index (χ2n) is 4.70. The molecule has 0 radical (unpaired) electrons. The Bertz CT molecular complexity index is 550. The van der Waals surface area contributed by atoms with Crippen LogP contribution in [0.4, 0.5) is 11.8 Å². The minimum Gasteiger partial charge on any atom is -0.396 e. The van der Waals surface area contributed by atoms with E-state index in [0.717, 1.165) is 16.9 Å². The third-order valence-electron chi connectivity index (χ3n) is 2.64. The highest BCUT2D eigenvalue weighted by Crippen LogP contribution is 2.21. The molecule has 0 amide bonds. The van der Waals surface area contributed by atoms with Gasteiger partial charge < -0.3 is 15.7 Å². The summed E-state index contributed by atoms with van der Waals surface area (Å²) in [7, 11) is 1.85. The number of rotatable bonds is 6. The minimum absolute atomic E-state index is 0.151. The van der Waals surface area contributed by atoms with Gasteiger partial charge in [0.25, 0.3) is 0 Å². The summed E-state index contributed by atoms with van der Waals surface area (Å²) in [5.41, 5.74) is 0.782. The smallest absolute Gasteiger partial charge is 0.226 e. The van der Waals surface area contributed by atoms with E-state index >= 15 is 0 Å². The van der Waals surface area contributed by atoms with Crippen LogP contribution in [0.3, 0.4) is 0 Å². The van der Waals surface area contributed by atoms with E-state index in [2.05, 4.69) is 39.5 Å². The van der Waals surface area contributed by atoms with E-state index in [1.54, 1.807) is 10.9 Å². The number of aryl methyl sites for hydroxylation is 1. The number of nitrogens with zero attached hydrogens (tertiary/aromatic N) is 4. The first kappa shape index (κ1) is 13.5. The lowest BCUT2D eigenvalue weighted by Crippen LogP contribution is -2.14. The van der Waals surface area contributed by atoms with E-state index in [0.29, 0.717) is 18.9 Å². The first-order chi connectivity index (χ1) is 9.11. The third-order valence-corrected chi connectivity index (χ3v) is 2.64. The molecule has 19 heavy (non-hydrogen) atoms. The van der Waals surface area contributed by atoms with Gasteiger partial charge in [0.1, 0.15) is 5.82 Å². The molecule has 0 unspecified atom stereocenters. The molecule has 0 aromatic carbocycles. The summed E-state index contributed by atoms with van der Waals surface area (Å²) in [5.74, 6) is 1.33. The zero-order valence-corrected chi connectivity index (χ0v) is 11.5. The van der Waals surface area contributed by atoms with Crippen molar-refractivity contribution in [2.45, 2.75) is 26.3 Å². The van der Waals surface area contributed by atoms with E-state index in [9.17, 15) is 0 Å². The molecule has 7 heteroatoms. The van der Waals surface area contributed by atoms with Gasteiger partial charge in [0.2, 0.25) is 5.95 Å². The van der Waals surface area contributed by atoms with Gasteiger partial charge in [-0.1, -0.05) is 0 Å². The maximum atomic E-state index is 8.79.